The lowest BCUT2D eigenvalue weighted by Crippen LogP contribution is -2.43. The Kier molecular flexibility index (Phi) is 5.03. The van der Waals surface area contributed by atoms with Crippen LogP contribution in [-0.4, -0.2) is 48.3 Å². The van der Waals surface area contributed by atoms with E-state index in [-0.39, 0.29) is 0 Å². The average molecular weight is 214 g/mol. The van der Waals surface area contributed by atoms with Gasteiger partial charge in [0.15, 0.2) is 0 Å². The highest BCUT2D eigenvalue weighted by molar-refractivity contribution is 4.76. The van der Waals surface area contributed by atoms with Crippen LogP contribution in [0.4, 0.5) is 0 Å². The molecule has 0 radical (unpaired) electrons. The Labute approximate surface area is 93.9 Å². The Morgan fingerprint density at radius 3 is 2.73 bits per heavy atom. The fourth-order valence-corrected chi connectivity index (χ4v) is 2.06. The molecule has 1 rings (SSSR count). The minimum atomic E-state index is -0.536. The van der Waals surface area contributed by atoms with E-state index in [9.17, 15) is 5.11 Å². The summed E-state index contributed by atoms with van der Waals surface area (Å²) in [5.41, 5.74) is -0.536. The van der Waals surface area contributed by atoms with E-state index in [0.717, 1.165) is 19.5 Å². The number of nitrogens with one attached hydrogen (secondary N) is 1. The van der Waals surface area contributed by atoms with Crippen LogP contribution in [0.5, 0.6) is 0 Å². The van der Waals surface area contributed by atoms with Crippen LogP contribution in [0.2, 0.25) is 0 Å². The van der Waals surface area contributed by atoms with E-state index in [1.807, 2.05) is 13.8 Å². The van der Waals surface area contributed by atoms with Crippen molar-refractivity contribution in [2.75, 3.05) is 26.7 Å². The molecular weight excluding hydrogens is 188 g/mol. The van der Waals surface area contributed by atoms with Crippen LogP contribution in [0.3, 0.4) is 0 Å². The van der Waals surface area contributed by atoms with Crippen molar-refractivity contribution in [3.05, 3.63) is 0 Å². The summed E-state index contributed by atoms with van der Waals surface area (Å²) in [5.74, 6) is 0. The molecule has 1 atom stereocenters. The first kappa shape index (κ1) is 12.9. The highest BCUT2D eigenvalue weighted by Gasteiger charge is 2.18. The predicted octanol–water partition coefficient (Wildman–Crippen LogP) is 1.22. The Bertz CT molecular complexity index is 177. The van der Waals surface area contributed by atoms with Gasteiger partial charge in [0.2, 0.25) is 0 Å². The zero-order valence-corrected chi connectivity index (χ0v) is 10.4. The number of nitrogens with zero attached hydrogens (tertiary/aromatic N) is 1. The van der Waals surface area contributed by atoms with Crippen LogP contribution in [0, 0.1) is 0 Å². The van der Waals surface area contributed by atoms with Crippen LogP contribution in [0.15, 0.2) is 0 Å². The lowest BCUT2D eigenvalue weighted by atomic mass is 10.0. The molecule has 0 aromatic rings. The highest BCUT2D eigenvalue weighted by atomic mass is 16.3. The van der Waals surface area contributed by atoms with Crippen molar-refractivity contribution in [3.63, 3.8) is 0 Å². The molecule has 1 aliphatic heterocycles. The summed E-state index contributed by atoms with van der Waals surface area (Å²) in [6.45, 7) is 6.93. The van der Waals surface area contributed by atoms with Crippen molar-refractivity contribution >= 4 is 0 Å². The Hall–Kier alpha value is -0.120. The fraction of sp³-hybridized carbons (Fsp3) is 1.00. The maximum atomic E-state index is 9.56. The van der Waals surface area contributed by atoms with Gasteiger partial charge in [0.1, 0.15) is 0 Å². The Morgan fingerprint density at radius 2 is 2.13 bits per heavy atom. The predicted molar refractivity (Wildman–Crippen MR) is 64.1 cm³/mol. The third kappa shape index (κ3) is 5.50. The molecule has 0 aliphatic carbocycles. The molecule has 1 fully saturated rings. The number of aliphatic hydroxyl groups is 1. The van der Waals surface area contributed by atoms with Crippen molar-refractivity contribution in [1.82, 2.24) is 10.2 Å². The molecule has 3 nitrogen and oxygen atoms in total. The molecule has 0 bridgehead atoms. The largest absolute Gasteiger partial charge is 0.390 e. The van der Waals surface area contributed by atoms with E-state index in [1.165, 1.54) is 25.8 Å². The summed E-state index contributed by atoms with van der Waals surface area (Å²) in [6, 6.07) is 0.695. The minimum absolute atomic E-state index is 0.536. The topological polar surface area (TPSA) is 35.5 Å². The van der Waals surface area contributed by atoms with Gasteiger partial charge in [-0.25, -0.2) is 0 Å². The highest BCUT2D eigenvalue weighted by Crippen LogP contribution is 2.14. The molecule has 15 heavy (non-hydrogen) atoms. The van der Waals surface area contributed by atoms with Crippen LogP contribution in [0.25, 0.3) is 0 Å². The average Bonchev–Trinajstić information content (AvgIpc) is 2.13. The molecule has 2 N–H and O–H groups in total. The first-order valence-electron chi connectivity index (χ1n) is 6.12. The number of likely N-dealkylation sites (tertiary alicyclic amines) is 1. The van der Waals surface area contributed by atoms with Gasteiger partial charge in [-0.3, -0.25) is 0 Å². The van der Waals surface area contributed by atoms with E-state index in [1.54, 1.807) is 0 Å². The number of hydrogen-bond acceptors (Lipinski definition) is 3. The minimum Gasteiger partial charge on any atom is -0.390 e. The van der Waals surface area contributed by atoms with Crippen LogP contribution in [0.1, 0.15) is 39.5 Å². The zero-order valence-electron chi connectivity index (χ0n) is 10.4. The molecule has 1 unspecified atom stereocenters. The van der Waals surface area contributed by atoms with Gasteiger partial charge in [0.05, 0.1) is 5.60 Å². The molecular formula is C12H26N2O. The second kappa shape index (κ2) is 5.83. The Balaban J connectivity index is 2.08. The third-order valence-corrected chi connectivity index (χ3v) is 3.22. The van der Waals surface area contributed by atoms with Gasteiger partial charge < -0.3 is 15.3 Å². The molecule has 0 aromatic heterocycles. The molecule has 0 aromatic carbocycles. The van der Waals surface area contributed by atoms with Gasteiger partial charge in [-0.05, 0) is 53.2 Å². The third-order valence-electron chi connectivity index (χ3n) is 3.22. The first-order valence-corrected chi connectivity index (χ1v) is 6.12. The summed E-state index contributed by atoms with van der Waals surface area (Å²) in [4.78, 5) is 2.45. The van der Waals surface area contributed by atoms with E-state index in [0.29, 0.717) is 6.04 Å². The van der Waals surface area contributed by atoms with Crippen molar-refractivity contribution < 1.29 is 5.11 Å². The van der Waals surface area contributed by atoms with E-state index < -0.39 is 5.60 Å². The first-order chi connectivity index (χ1) is 6.99. The molecule has 0 saturated carbocycles. The van der Waals surface area contributed by atoms with Crippen molar-refractivity contribution in [2.45, 2.75) is 51.2 Å². The maximum Gasteiger partial charge on any atom is 0.0603 e. The van der Waals surface area contributed by atoms with Crippen molar-refractivity contribution in [1.29, 1.82) is 0 Å². The van der Waals surface area contributed by atoms with Gasteiger partial charge in [-0.2, -0.15) is 0 Å². The van der Waals surface area contributed by atoms with Crippen LogP contribution < -0.4 is 5.32 Å². The molecule has 3 heteroatoms. The molecule has 1 heterocycles. The van der Waals surface area contributed by atoms with Gasteiger partial charge in [-0.1, -0.05) is 6.42 Å². The lowest BCUT2D eigenvalue weighted by Gasteiger charge is -2.32. The van der Waals surface area contributed by atoms with Gasteiger partial charge in [0, 0.05) is 12.6 Å². The fourth-order valence-electron chi connectivity index (χ4n) is 2.06. The summed E-state index contributed by atoms with van der Waals surface area (Å²) in [6.07, 6.45) is 4.84. The Morgan fingerprint density at radius 1 is 1.40 bits per heavy atom. The van der Waals surface area contributed by atoms with Crippen LogP contribution >= 0.6 is 0 Å². The summed E-state index contributed by atoms with van der Waals surface area (Å²) in [7, 11) is 2.21. The number of hydrogen-bond donors (Lipinski definition) is 2. The molecule has 0 spiro atoms. The normalized spacial score (nSPS) is 24.4. The van der Waals surface area contributed by atoms with E-state index >= 15 is 0 Å². The number of piperidine rings is 1. The SMILES string of the molecule is CN1CCCCC1CNCCC(C)(C)O. The molecule has 1 saturated heterocycles. The van der Waals surface area contributed by atoms with E-state index in [2.05, 4.69) is 17.3 Å². The number of likely N-dealkylation sites (N-methyl/N-ethyl adjacent to an activating group) is 1. The quantitative estimate of drug-likeness (QED) is 0.676. The van der Waals surface area contributed by atoms with Gasteiger partial charge >= 0.3 is 0 Å². The molecule has 90 valence electrons. The van der Waals surface area contributed by atoms with E-state index in [4.69, 9.17) is 0 Å². The van der Waals surface area contributed by atoms with Crippen molar-refractivity contribution in [2.24, 2.45) is 0 Å². The summed E-state index contributed by atoms with van der Waals surface area (Å²) < 4.78 is 0. The van der Waals surface area contributed by atoms with Gasteiger partial charge in [0.25, 0.3) is 0 Å². The van der Waals surface area contributed by atoms with Crippen molar-refractivity contribution in [3.8, 4) is 0 Å². The summed E-state index contributed by atoms with van der Waals surface area (Å²) in [5, 5.41) is 13.0. The standard InChI is InChI=1S/C12H26N2O/c1-12(2,15)7-8-13-10-11-6-4-5-9-14(11)3/h11,13,15H,4-10H2,1-3H3. The summed E-state index contributed by atoms with van der Waals surface area (Å²) >= 11 is 0. The lowest BCUT2D eigenvalue weighted by molar-refractivity contribution is 0.0702. The molecule has 1 aliphatic rings. The second-order valence-electron chi connectivity index (χ2n) is 5.40. The van der Waals surface area contributed by atoms with Gasteiger partial charge in [-0.15, -0.1) is 0 Å². The maximum absolute atomic E-state index is 9.56. The second-order valence-corrected chi connectivity index (χ2v) is 5.40. The smallest absolute Gasteiger partial charge is 0.0603 e. The zero-order chi connectivity index (χ0) is 11.3. The number of rotatable bonds is 5. The van der Waals surface area contributed by atoms with Crippen LogP contribution in [-0.2, 0) is 0 Å². The molecule has 0 amide bonds. The monoisotopic (exact) mass is 214 g/mol.